The first-order chi connectivity index (χ1) is 11.7. The third kappa shape index (κ3) is 4.67. The number of aromatic nitrogens is 3. The van der Waals surface area contributed by atoms with Crippen LogP contribution >= 0.6 is 0 Å². The van der Waals surface area contributed by atoms with Gasteiger partial charge in [-0.15, -0.1) is 10.2 Å². The average Bonchev–Trinajstić information content (AvgIpc) is 2.80. The van der Waals surface area contributed by atoms with Crippen molar-refractivity contribution < 1.29 is 9.53 Å². The van der Waals surface area contributed by atoms with Crippen LogP contribution in [0.4, 0.5) is 4.79 Å². The Labute approximate surface area is 142 Å². The fraction of sp³-hybridized carbons (Fsp3) is 0.812. The summed E-state index contributed by atoms with van der Waals surface area (Å²) >= 11 is 0. The Bertz CT molecular complexity index is 541. The summed E-state index contributed by atoms with van der Waals surface area (Å²) in [6.07, 6.45) is 4.54. The molecule has 8 heteroatoms. The Morgan fingerprint density at radius 1 is 1.21 bits per heavy atom. The van der Waals surface area contributed by atoms with E-state index in [1.54, 1.807) is 0 Å². The van der Waals surface area contributed by atoms with E-state index in [0.717, 1.165) is 63.9 Å². The maximum absolute atomic E-state index is 12.1. The molecule has 134 valence electrons. The number of carbonyl (C=O) groups is 1. The minimum Gasteiger partial charge on any atom is -0.379 e. The van der Waals surface area contributed by atoms with Crippen molar-refractivity contribution in [1.82, 2.24) is 30.3 Å². The van der Waals surface area contributed by atoms with Gasteiger partial charge in [0.05, 0.1) is 19.8 Å². The van der Waals surface area contributed by atoms with Crippen LogP contribution in [0.25, 0.3) is 0 Å². The number of nitrogens with zero attached hydrogens (tertiary/aromatic N) is 4. The van der Waals surface area contributed by atoms with Crippen LogP contribution in [0.2, 0.25) is 0 Å². The molecule has 1 unspecified atom stereocenters. The lowest BCUT2D eigenvalue weighted by Gasteiger charge is -2.29. The van der Waals surface area contributed by atoms with Gasteiger partial charge in [0.2, 0.25) is 0 Å². The number of hydrogen-bond donors (Lipinski definition) is 2. The summed E-state index contributed by atoms with van der Waals surface area (Å²) < 4.78 is 7.50. The van der Waals surface area contributed by atoms with Crippen LogP contribution in [0.3, 0.4) is 0 Å². The predicted molar refractivity (Wildman–Crippen MR) is 89.7 cm³/mol. The summed E-state index contributed by atoms with van der Waals surface area (Å²) in [6.45, 7) is 7.65. The van der Waals surface area contributed by atoms with E-state index in [2.05, 4.69) is 30.3 Å². The molecule has 2 N–H and O–H groups in total. The Morgan fingerprint density at radius 2 is 2.04 bits per heavy atom. The van der Waals surface area contributed by atoms with Crippen LogP contribution in [0.15, 0.2) is 0 Å². The largest absolute Gasteiger partial charge is 0.379 e. The monoisotopic (exact) mass is 336 g/mol. The maximum atomic E-state index is 12.1. The molecule has 24 heavy (non-hydrogen) atoms. The second-order valence-electron chi connectivity index (χ2n) is 6.64. The molecule has 2 aliphatic heterocycles. The Kier molecular flexibility index (Phi) is 6.03. The van der Waals surface area contributed by atoms with Gasteiger partial charge in [-0.25, -0.2) is 4.79 Å². The number of hydrogen-bond acceptors (Lipinski definition) is 5. The molecular formula is C16H28N6O2. The van der Waals surface area contributed by atoms with Crippen molar-refractivity contribution in [1.29, 1.82) is 0 Å². The van der Waals surface area contributed by atoms with Crippen molar-refractivity contribution in [3.8, 4) is 0 Å². The van der Waals surface area contributed by atoms with Crippen LogP contribution in [0, 0.1) is 0 Å². The van der Waals surface area contributed by atoms with Crippen molar-refractivity contribution in [2.24, 2.45) is 0 Å². The topological polar surface area (TPSA) is 84.3 Å². The fourth-order valence-corrected chi connectivity index (χ4v) is 3.33. The molecule has 2 amide bonds. The van der Waals surface area contributed by atoms with E-state index in [1.807, 2.05) is 6.92 Å². The average molecular weight is 336 g/mol. The zero-order chi connectivity index (χ0) is 16.8. The van der Waals surface area contributed by atoms with Crippen molar-refractivity contribution in [2.45, 2.75) is 51.7 Å². The van der Waals surface area contributed by atoms with Crippen molar-refractivity contribution >= 4 is 6.03 Å². The van der Waals surface area contributed by atoms with Crippen molar-refractivity contribution in [2.75, 3.05) is 32.8 Å². The van der Waals surface area contributed by atoms with E-state index in [4.69, 9.17) is 4.74 Å². The standard InChI is InChI=1S/C16H28N6O2/c1-13(12-21-7-9-24-10-8-21)18-16(23)17-11-15-20-19-14-5-3-2-4-6-22(14)15/h13H,2-12H2,1H3,(H2,17,18,23). The van der Waals surface area contributed by atoms with Crippen molar-refractivity contribution in [3.05, 3.63) is 11.6 Å². The maximum Gasteiger partial charge on any atom is 0.315 e. The number of morpholine rings is 1. The normalized spacial score (nSPS) is 20.0. The molecule has 3 heterocycles. The molecular weight excluding hydrogens is 308 g/mol. The van der Waals surface area contributed by atoms with Gasteiger partial charge in [-0.3, -0.25) is 4.90 Å². The molecule has 0 aliphatic carbocycles. The zero-order valence-electron chi connectivity index (χ0n) is 14.5. The lowest BCUT2D eigenvalue weighted by Crippen LogP contribution is -2.48. The first-order valence-corrected chi connectivity index (χ1v) is 8.98. The van der Waals surface area contributed by atoms with Crippen LogP contribution in [0.5, 0.6) is 0 Å². The smallest absolute Gasteiger partial charge is 0.315 e. The molecule has 1 aromatic heterocycles. The highest BCUT2D eigenvalue weighted by Gasteiger charge is 2.17. The molecule has 0 saturated carbocycles. The number of carbonyl (C=O) groups excluding carboxylic acids is 1. The van der Waals surface area contributed by atoms with Gasteiger partial charge < -0.3 is 19.9 Å². The summed E-state index contributed by atoms with van der Waals surface area (Å²) in [5.74, 6) is 1.90. The Morgan fingerprint density at radius 3 is 2.88 bits per heavy atom. The van der Waals surface area contributed by atoms with E-state index < -0.39 is 0 Å². The Balaban J connectivity index is 1.43. The quantitative estimate of drug-likeness (QED) is 0.819. The molecule has 1 aromatic rings. The molecule has 0 bridgehead atoms. The molecule has 0 aromatic carbocycles. The lowest BCUT2D eigenvalue weighted by atomic mass is 10.2. The number of nitrogens with one attached hydrogen (secondary N) is 2. The van der Waals surface area contributed by atoms with Gasteiger partial charge in [0.25, 0.3) is 0 Å². The van der Waals surface area contributed by atoms with Crippen LogP contribution in [-0.2, 0) is 24.2 Å². The summed E-state index contributed by atoms with van der Waals surface area (Å²) in [5.41, 5.74) is 0. The summed E-state index contributed by atoms with van der Waals surface area (Å²) in [7, 11) is 0. The minimum atomic E-state index is -0.151. The van der Waals surface area contributed by atoms with Crippen LogP contribution < -0.4 is 10.6 Å². The number of aryl methyl sites for hydroxylation is 1. The highest BCUT2D eigenvalue weighted by atomic mass is 16.5. The molecule has 2 aliphatic rings. The van der Waals surface area contributed by atoms with Gasteiger partial charge in [-0.1, -0.05) is 6.42 Å². The molecule has 1 saturated heterocycles. The lowest BCUT2D eigenvalue weighted by molar-refractivity contribution is 0.0349. The van der Waals surface area contributed by atoms with E-state index in [9.17, 15) is 4.79 Å². The summed E-state index contributed by atoms with van der Waals surface area (Å²) in [5, 5.41) is 14.4. The SMILES string of the molecule is CC(CN1CCOCC1)NC(=O)NCc1nnc2n1CCCCC2. The number of rotatable bonds is 5. The number of ether oxygens (including phenoxy) is 1. The van der Waals surface area contributed by atoms with Crippen LogP contribution in [0.1, 0.15) is 37.8 Å². The molecule has 1 fully saturated rings. The number of fused-ring (bicyclic) bond motifs is 1. The molecule has 1 atom stereocenters. The van der Waals surface area contributed by atoms with E-state index in [1.165, 1.54) is 12.8 Å². The predicted octanol–water partition coefficient (Wildman–Crippen LogP) is 0.524. The fourth-order valence-electron chi connectivity index (χ4n) is 3.33. The third-order valence-corrected chi connectivity index (χ3v) is 4.61. The summed E-state index contributed by atoms with van der Waals surface area (Å²) in [4.78, 5) is 14.4. The van der Waals surface area contributed by atoms with E-state index >= 15 is 0 Å². The van der Waals surface area contributed by atoms with Crippen LogP contribution in [-0.4, -0.2) is 64.6 Å². The number of amides is 2. The first kappa shape index (κ1) is 17.2. The minimum absolute atomic E-state index is 0.0959. The van der Waals surface area contributed by atoms with Crippen molar-refractivity contribution in [3.63, 3.8) is 0 Å². The van der Waals surface area contributed by atoms with Gasteiger partial charge in [0, 0.05) is 38.6 Å². The first-order valence-electron chi connectivity index (χ1n) is 8.98. The molecule has 8 nitrogen and oxygen atoms in total. The van der Waals surface area contributed by atoms with Gasteiger partial charge in [0.1, 0.15) is 5.82 Å². The van der Waals surface area contributed by atoms with Gasteiger partial charge in [0.15, 0.2) is 5.82 Å². The molecule has 0 radical (unpaired) electrons. The van der Waals surface area contributed by atoms with E-state index in [-0.39, 0.29) is 12.1 Å². The van der Waals surface area contributed by atoms with Gasteiger partial charge >= 0.3 is 6.03 Å². The van der Waals surface area contributed by atoms with Gasteiger partial charge in [-0.2, -0.15) is 0 Å². The number of urea groups is 1. The zero-order valence-corrected chi connectivity index (χ0v) is 14.5. The molecule has 3 rings (SSSR count). The highest BCUT2D eigenvalue weighted by molar-refractivity contribution is 5.74. The van der Waals surface area contributed by atoms with Gasteiger partial charge in [-0.05, 0) is 19.8 Å². The highest BCUT2D eigenvalue weighted by Crippen LogP contribution is 2.14. The van der Waals surface area contributed by atoms with E-state index in [0.29, 0.717) is 6.54 Å². The summed E-state index contributed by atoms with van der Waals surface area (Å²) in [6, 6.07) is -0.0552. The Hall–Kier alpha value is -1.67. The molecule has 0 spiro atoms. The second-order valence-corrected chi connectivity index (χ2v) is 6.64. The third-order valence-electron chi connectivity index (χ3n) is 4.61. The second kappa shape index (κ2) is 8.43.